The van der Waals surface area contributed by atoms with Crippen molar-refractivity contribution < 1.29 is 14.3 Å². The molecule has 0 spiro atoms. The molecule has 1 aliphatic carbocycles. The molecule has 6 nitrogen and oxygen atoms in total. The molecular formula is C28H35N3O3. The summed E-state index contributed by atoms with van der Waals surface area (Å²) >= 11 is 0. The lowest BCUT2D eigenvalue weighted by molar-refractivity contribution is -0.146. The molecule has 1 aromatic heterocycles. The fourth-order valence-corrected chi connectivity index (χ4v) is 4.91. The zero-order valence-corrected chi connectivity index (χ0v) is 20.0. The summed E-state index contributed by atoms with van der Waals surface area (Å²) < 4.78 is 13.4. The van der Waals surface area contributed by atoms with Gasteiger partial charge in [-0.2, -0.15) is 0 Å². The van der Waals surface area contributed by atoms with E-state index in [1.165, 1.54) is 27.6 Å². The highest BCUT2D eigenvalue weighted by molar-refractivity contribution is 5.86. The number of hydrogen-bond acceptors (Lipinski definition) is 4. The van der Waals surface area contributed by atoms with Gasteiger partial charge in [-0.05, 0) is 48.4 Å². The lowest BCUT2D eigenvalue weighted by atomic mass is 10.0. The van der Waals surface area contributed by atoms with E-state index in [9.17, 15) is 4.79 Å². The molecule has 0 radical (unpaired) electrons. The summed E-state index contributed by atoms with van der Waals surface area (Å²) in [5.74, 6) is 0.121. The highest BCUT2D eigenvalue weighted by Crippen LogP contribution is 2.32. The number of fused-ring (bicyclic) bond motifs is 1. The van der Waals surface area contributed by atoms with Crippen molar-refractivity contribution >= 4 is 16.8 Å². The minimum Gasteiger partial charge on any atom is -0.385 e. The molecular weight excluding hydrogens is 426 g/mol. The summed E-state index contributed by atoms with van der Waals surface area (Å²) in [5.41, 5.74) is 5.06. The lowest BCUT2D eigenvalue weighted by Crippen LogP contribution is -2.49. The maximum atomic E-state index is 13.3. The van der Waals surface area contributed by atoms with Crippen molar-refractivity contribution in [2.45, 2.75) is 50.9 Å². The van der Waals surface area contributed by atoms with Gasteiger partial charge in [0, 0.05) is 63.0 Å². The summed E-state index contributed by atoms with van der Waals surface area (Å²) in [6.45, 7) is 4.27. The summed E-state index contributed by atoms with van der Waals surface area (Å²) in [7, 11) is 1.75. The zero-order chi connectivity index (χ0) is 23.3. The molecule has 1 aliphatic heterocycles. The van der Waals surface area contributed by atoms with Gasteiger partial charge in [0.15, 0.2) is 0 Å². The molecule has 2 aromatic carbocycles. The normalized spacial score (nSPS) is 18.3. The van der Waals surface area contributed by atoms with Crippen molar-refractivity contribution in [3.8, 4) is 0 Å². The zero-order valence-electron chi connectivity index (χ0n) is 20.0. The summed E-state index contributed by atoms with van der Waals surface area (Å²) in [4.78, 5) is 15.4. The van der Waals surface area contributed by atoms with E-state index in [2.05, 4.69) is 69.5 Å². The molecule has 1 N–H and O–H groups in total. The van der Waals surface area contributed by atoms with Gasteiger partial charge in [-0.15, -0.1) is 0 Å². The predicted molar refractivity (Wildman–Crippen MR) is 134 cm³/mol. The largest absolute Gasteiger partial charge is 0.385 e. The Morgan fingerprint density at radius 2 is 2.03 bits per heavy atom. The molecule has 2 aliphatic rings. The number of carbonyl (C=O) groups excluding carboxylic acids is 1. The van der Waals surface area contributed by atoms with Crippen molar-refractivity contribution in [2.75, 3.05) is 33.4 Å². The molecule has 1 saturated carbocycles. The molecule has 1 saturated heterocycles. The molecule has 180 valence electrons. The monoisotopic (exact) mass is 461 g/mol. The third kappa shape index (κ3) is 5.35. The number of carbonyl (C=O) groups is 1. The molecule has 5 rings (SSSR count). The Hall–Kier alpha value is -2.67. The van der Waals surface area contributed by atoms with E-state index >= 15 is 0 Å². The number of methoxy groups -OCH3 is 1. The number of benzene rings is 2. The first-order valence-electron chi connectivity index (χ1n) is 12.5. The highest BCUT2D eigenvalue weighted by Gasteiger charge is 2.37. The molecule has 0 unspecified atom stereocenters. The average molecular weight is 462 g/mol. The van der Waals surface area contributed by atoms with Crippen molar-refractivity contribution in [1.29, 1.82) is 0 Å². The van der Waals surface area contributed by atoms with Crippen LogP contribution in [0.25, 0.3) is 10.9 Å². The Bertz CT molecular complexity index is 1100. The number of morpholine rings is 1. The van der Waals surface area contributed by atoms with Crippen molar-refractivity contribution in [3.05, 3.63) is 71.4 Å². The van der Waals surface area contributed by atoms with Crippen molar-refractivity contribution in [2.24, 2.45) is 0 Å². The van der Waals surface area contributed by atoms with E-state index in [1.807, 2.05) is 0 Å². The van der Waals surface area contributed by atoms with Crippen LogP contribution >= 0.6 is 0 Å². The number of aryl methyl sites for hydroxylation is 1. The first-order chi connectivity index (χ1) is 16.7. The third-order valence-corrected chi connectivity index (χ3v) is 6.84. The molecule has 2 heterocycles. The van der Waals surface area contributed by atoms with Gasteiger partial charge in [0.2, 0.25) is 0 Å². The first kappa shape index (κ1) is 23.1. The Balaban J connectivity index is 1.42. The van der Waals surface area contributed by atoms with Crippen LogP contribution in [0.3, 0.4) is 0 Å². The minimum atomic E-state index is -0.373. The van der Waals surface area contributed by atoms with Gasteiger partial charge in [0.05, 0.1) is 6.61 Å². The van der Waals surface area contributed by atoms with Gasteiger partial charge >= 0.3 is 0 Å². The highest BCUT2D eigenvalue weighted by atomic mass is 16.5. The van der Waals surface area contributed by atoms with Crippen LogP contribution in [0.1, 0.15) is 36.0 Å². The van der Waals surface area contributed by atoms with E-state index in [4.69, 9.17) is 9.47 Å². The number of amides is 1. The van der Waals surface area contributed by atoms with Crippen molar-refractivity contribution in [3.63, 3.8) is 0 Å². The summed E-state index contributed by atoms with van der Waals surface area (Å²) in [5, 5.41) is 4.53. The van der Waals surface area contributed by atoms with E-state index in [0.29, 0.717) is 25.7 Å². The van der Waals surface area contributed by atoms with Gasteiger partial charge in [-0.25, -0.2) is 0 Å². The maximum Gasteiger partial charge on any atom is 0.253 e. The molecule has 1 amide bonds. The Morgan fingerprint density at radius 3 is 2.76 bits per heavy atom. The number of nitrogens with zero attached hydrogens (tertiary/aromatic N) is 2. The van der Waals surface area contributed by atoms with Crippen LogP contribution in [0, 0.1) is 0 Å². The van der Waals surface area contributed by atoms with Gasteiger partial charge in [-0.3, -0.25) is 4.79 Å². The average Bonchev–Trinajstić information content (AvgIpc) is 3.66. The maximum absolute atomic E-state index is 13.3. The Labute approximate surface area is 201 Å². The van der Waals surface area contributed by atoms with Gasteiger partial charge < -0.3 is 24.3 Å². The number of hydrogen-bond donors (Lipinski definition) is 1. The van der Waals surface area contributed by atoms with Gasteiger partial charge in [0.1, 0.15) is 6.10 Å². The lowest BCUT2D eigenvalue weighted by Gasteiger charge is -2.30. The van der Waals surface area contributed by atoms with Crippen LogP contribution in [0.5, 0.6) is 0 Å². The molecule has 2 fully saturated rings. The minimum absolute atomic E-state index is 0.121. The second-order valence-electron chi connectivity index (χ2n) is 9.47. The summed E-state index contributed by atoms with van der Waals surface area (Å²) in [6, 6.07) is 17.7. The van der Waals surface area contributed by atoms with Crippen molar-refractivity contribution in [1.82, 2.24) is 14.8 Å². The molecule has 0 bridgehead atoms. The summed E-state index contributed by atoms with van der Waals surface area (Å²) in [6.07, 6.45) is 5.90. The quantitative estimate of drug-likeness (QED) is 0.467. The topological polar surface area (TPSA) is 55.7 Å². The van der Waals surface area contributed by atoms with Crippen LogP contribution in [0.4, 0.5) is 0 Å². The fraction of sp³-hybridized carbons (Fsp3) is 0.464. The standard InChI is InChI=1S/C28H35N3O3/c1-33-14-5-13-30-19-23(20-31(24-9-10-24)28(32)27-18-29-12-15-34-27)25-11-8-22(17-26(25)30)16-21-6-3-2-4-7-21/h2-4,6-8,11,17,19,24,27,29H,5,9-10,12-16,18,20H2,1H3/t27-/m1/s1. The molecule has 6 heteroatoms. The van der Waals surface area contributed by atoms with Crippen LogP contribution in [-0.4, -0.2) is 60.9 Å². The number of aromatic nitrogens is 1. The molecule has 1 atom stereocenters. The number of rotatable bonds is 10. The number of ether oxygens (including phenoxy) is 2. The van der Waals surface area contributed by atoms with Crippen LogP contribution < -0.4 is 5.32 Å². The SMILES string of the molecule is COCCCn1cc(CN(C(=O)[C@H]2CNCCO2)C2CC2)c2ccc(Cc3ccccc3)cc21. The van der Waals surface area contributed by atoms with E-state index in [-0.39, 0.29) is 12.0 Å². The third-order valence-electron chi connectivity index (χ3n) is 6.84. The fourth-order valence-electron chi connectivity index (χ4n) is 4.91. The van der Waals surface area contributed by atoms with Gasteiger partial charge in [0.25, 0.3) is 5.91 Å². The number of nitrogens with one attached hydrogen (secondary N) is 1. The Morgan fingerprint density at radius 1 is 1.18 bits per heavy atom. The van der Waals surface area contributed by atoms with E-state index < -0.39 is 0 Å². The van der Waals surface area contributed by atoms with Crippen LogP contribution in [-0.2, 0) is 33.8 Å². The smallest absolute Gasteiger partial charge is 0.253 e. The molecule has 34 heavy (non-hydrogen) atoms. The van der Waals surface area contributed by atoms with Crippen LogP contribution in [0.2, 0.25) is 0 Å². The second kappa shape index (κ2) is 10.7. The predicted octanol–water partition coefficient (Wildman–Crippen LogP) is 3.75. The van der Waals surface area contributed by atoms with E-state index in [1.54, 1.807) is 7.11 Å². The van der Waals surface area contributed by atoms with Gasteiger partial charge in [-0.1, -0.05) is 42.5 Å². The molecule has 3 aromatic rings. The van der Waals surface area contributed by atoms with Crippen LogP contribution in [0.15, 0.2) is 54.7 Å². The second-order valence-corrected chi connectivity index (χ2v) is 9.47. The van der Waals surface area contributed by atoms with E-state index in [0.717, 1.165) is 45.4 Å². The first-order valence-corrected chi connectivity index (χ1v) is 12.5. The Kier molecular flexibility index (Phi) is 7.28.